The van der Waals surface area contributed by atoms with Crippen LogP contribution < -0.4 is 5.73 Å². The molecule has 1 unspecified atom stereocenters. The van der Waals surface area contributed by atoms with Crippen molar-refractivity contribution in [1.29, 1.82) is 0 Å². The topological polar surface area (TPSA) is 46.2 Å². The Labute approximate surface area is 46.4 Å². The second kappa shape index (κ2) is 1.61. The first kappa shape index (κ1) is 4.76. The summed E-state index contributed by atoms with van der Waals surface area (Å²) < 4.78 is 1.61. The molecule has 34 valence electrons. The van der Waals surface area contributed by atoms with Crippen LogP contribution in [0.25, 0.3) is 0 Å². The van der Waals surface area contributed by atoms with Crippen molar-refractivity contribution in [3.8, 4) is 0 Å². The molecule has 0 aromatic rings. The second-order valence-electron chi connectivity index (χ2n) is 1.25. The predicted octanol–water partition coefficient (Wildman–Crippen LogP) is -1.43. The maximum atomic E-state index is 8.31. The number of aliphatic hydroxyl groups is 1. The van der Waals surface area contributed by atoms with E-state index in [4.69, 9.17) is 10.8 Å². The molecular weight excluding hydrogens is 188 g/mol. The second-order valence-corrected chi connectivity index (χ2v) is 5.24. The van der Waals surface area contributed by atoms with Crippen molar-refractivity contribution >= 4 is 24.7 Å². The van der Waals surface area contributed by atoms with E-state index in [9.17, 15) is 0 Å². The zero-order valence-corrected chi connectivity index (χ0v) is 5.81. The number of nitrogens with two attached hydrogens (primary N) is 1. The third-order valence-corrected chi connectivity index (χ3v) is 3.85. The van der Waals surface area contributed by atoms with Gasteiger partial charge in [-0.1, -0.05) is 0 Å². The molecule has 6 heavy (non-hydrogen) atoms. The van der Waals surface area contributed by atoms with Gasteiger partial charge in [-0.15, -0.1) is 0 Å². The van der Waals surface area contributed by atoms with Crippen LogP contribution in [0.15, 0.2) is 0 Å². The van der Waals surface area contributed by atoms with Gasteiger partial charge < -0.3 is 0 Å². The fourth-order valence-corrected chi connectivity index (χ4v) is 1.56. The molecule has 1 aliphatic rings. The van der Waals surface area contributed by atoms with Gasteiger partial charge in [0.15, 0.2) is 0 Å². The molecule has 0 spiro atoms. The standard InChI is InChI=1S/C3H6NO.Sb/c4-2-1-3-5;/h1,5H,3-4H2;. The fraction of sp³-hybridized carbons (Fsp3) is 0.667. The number of hydrogen-bond acceptors (Lipinski definition) is 2. The van der Waals surface area contributed by atoms with Crippen LogP contribution >= 0.6 is 0 Å². The van der Waals surface area contributed by atoms with E-state index in [1.807, 2.05) is 0 Å². The van der Waals surface area contributed by atoms with Gasteiger partial charge in [0.05, 0.1) is 0 Å². The Balaban J connectivity index is 2.18. The fourth-order valence-electron chi connectivity index (χ4n) is 0.277. The van der Waals surface area contributed by atoms with E-state index >= 15 is 0 Å². The van der Waals surface area contributed by atoms with Crippen molar-refractivity contribution in [3.63, 3.8) is 0 Å². The summed E-state index contributed by atoms with van der Waals surface area (Å²) in [7, 11) is 0. The Bertz CT molecular complexity index is 90.8. The molecule has 1 atom stereocenters. The number of aliphatic hydroxyl groups excluding tert-OH is 1. The molecule has 1 aliphatic heterocycles. The molecule has 0 bridgehead atoms. The van der Waals surface area contributed by atoms with Crippen LogP contribution in [-0.4, -0.2) is 36.4 Å². The molecule has 0 saturated carbocycles. The van der Waals surface area contributed by atoms with Crippen LogP contribution in [0.3, 0.4) is 0 Å². The molecule has 0 saturated heterocycles. The molecule has 3 heteroatoms. The quantitative estimate of drug-likeness (QED) is 0.502. The number of hydrogen-bond donors (Lipinski definition) is 2. The van der Waals surface area contributed by atoms with Crippen molar-refractivity contribution in [2.75, 3.05) is 6.61 Å². The van der Waals surface area contributed by atoms with Crippen LogP contribution in [-0.2, 0) is 0 Å². The molecule has 0 fully saturated rings. The molecule has 0 radical (unpaired) electrons. The third kappa shape index (κ3) is 0.810. The first-order valence-electron chi connectivity index (χ1n) is 1.78. The minimum absolute atomic E-state index is 0.130. The Morgan fingerprint density at radius 2 is 2.50 bits per heavy atom. The van der Waals surface area contributed by atoms with Gasteiger partial charge in [-0.2, -0.15) is 0 Å². The van der Waals surface area contributed by atoms with Gasteiger partial charge in [0.25, 0.3) is 0 Å². The molecule has 1 heterocycles. The zero-order chi connectivity index (χ0) is 4.57. The summed E-state index contributed by atoms with van der Waals surface area (Å²) in [6.45, 7) is 0.309. The Kier molecular flexibility index (Phi) is 1.27. The van der Waals surface area contributed by atoms with Crippen molar-refractivity contribution in [2.45, 2.75) is 3.86 Å². The molecule has 0 aliphatic carbocycles. The van der Waals surface area contributed by atoms with E-state index < -0.39 is 0 Å². The van der Waals surface area contributed by atoms with Gasteiger partial charge in [0.2, 0.25) is 0 Å². The van der Waals surface area contributed by atoms with Crippen LogP contribution in [0, 0.1) is 0 Å². The van der Waals surface area contributed by atoms with Crippen molar-refractivity contribution in [2.24, 2.45) is 5.73 Å². The summed E-state index contributed by atoms with van der Waals surface area (Å²) in [5.41, 5.74) is 5.30. The Hall–Kier alpha value is 0.608. The van der Waals surface area contributed by atoms with Gasteiger partial charge >= 0.3 is 46.0 Å². The average Bonchev–Trinajstić information content (AvgIpc) is 2.19. The van der Waals surface area contributed by atoms with Crippen LogP contribution in [0.2, 0.25) is 3.86 Å². The van der Waals surface area contributed by atoms with E-state index in [1.54, 1.807) is 0 Å². The van der Waals surface area contributed by atoms with E-state index in [-0.39, 0.29) is 21.1 Å². The van der Waals surface area contributed by atoms with Gasteiger partial charge in [0, 0.05) is 0 Å². The first-order chi connectivity index (χ1) is 2.84. The van der Waals surface area contributed by atoms with Gasteiger partial charge in [0.1, 0.15) is 0 Å². The Morgan fingerprint density at radius 3 is 2.50 bits per heavy atom. The predicted molar refractivity (Wildman–Crippen MR) is 25.8 cm³/mol. The van der Waals surface area contributed by atoms with E-state index in [2.05, 4.69) is 0 Å². The molecule has 3 N–H and O–H groups in total. The monoisotopic (exact) mass is 193 g/mol. The summed E-state index contributed by atoms with van der Waals surface area (Å²) in [5.74, 6) is 0. The van der Waals surface area contributed by atoms with Crippen LogP contribution in [0.5, 0.6) is 0 Å². The van der Waals surface area contributed by atoms with E-state index in [0.29, 0.717) is 10.5 Å². The molecule has 0 amide bonds. The summed E-state index contributed by atoms with van der Waals surface area (Å²) in [6.07, 6.45) is 0. The maximum absolute atomic E-state index is 8.31. The van der Waals surface area contributed by atoms with Gasteiger partial charge in [-0.3, -0.25) is 0 Å². The van der Waals surface area contributed by atoms with E-state index in [1.165, 1.54) is 0 Å². The minimum atomic E-state index is -0.130. The van der Waals surface area contributed by atoms with Gasteiger partial charge in [-0.25, -0.2) is 0 Å². The van der Waals surface area contributed by atoms with Crippen molar-refractivity contribution < 1.29 is 5.11 Å². The molecule has 1 rings (SSSR count). The summed E-state index contributed by atoms with van der Waals surface area (Å²) in [5, 5.41) is 8.31. The van der Waals surface area contributed by atoms with Crippen molar-refractivity contribution in [1.82, 2.24) is 0 Å². The third-order valence-electron chi connectivity index (χ3n) is 0.752. The summed E-state index contributed by atoms with van der Waals surface area (Å²) in [4.78, 5) is 0. The Morgan fingerprint density at radius 1 is 2.00 bits per heavy atom. The first-order valence-corrected chi connectivity index (χ1v) is 4.53. The SMILES string of the molecule is N[C]1=[Sb][CH]1CO. The summed E-state index contributed by atoms with van der Waals surface area (Å²) >= 11 is -0.130. The van der Waals surface area contributed by atoms with E-state index in [0.717, 1.165) is 3.57 Å². The normalized spacial score (nSPS) is 29.7. The zero-order valence-electron chi connectivity index (χ0n) is 3.26. The van der Waals surface area contributed by atoms with Crippen molar-refractivity contribution in [3.05, 3.63) is 0 Å². The number of rotatable bonds is 1. The average molecular weight is 194 g/mol. The molecule has 2 nitrogen and oxygen atoms in total. The summed E-state index contributed by atoms with van der Waals surface area (Å²) in [6, 6.07) is 0. The molecule has 0 aromatic carbocycles. The van der Waals surface area contributed by atoms with Gasteiger partial charge in [-0.05, 0) is 0 Å². The van der Waals surface area contributed by atoms with Crippen LogP contribution in [0.4, 0.5) is 0 Å². The molecule has 0 aromatic heterocycles. The van der Waals surface area contributed by atoms with Crippen LogP contribution in [0.1, 0.15) is 0 Å². The molecular formula is C3H6NOSb.